The number of hydrogen-bond donors (Lipinski definition) is 1. The van der Waals surface area contributed by atoms with Crippen LogP contribution in [0.1, 0.15) is 47.5 Å². The summed E-state index contributed by atoms with van der Waals surface area (Å²) in [4.78, 5) is 24.7. The van der Waals surface area contributed by atoms with Gasteiger partial charge in [0.15, 0.2) is 0 Å². The molecule has 0 aliphatic carbocycles. The van der Waals surface area contributed by atoms with Gasteiger partial charge >= 0.3 is 12.1 Å². The Balaban J connectivity index is 5.20. The van der Waals surface area contributed by atoms with E-state index in [0.29, 0.717) is 0 Å². The Morgan fingerprint density at radius 1 is 1.29 bits per heavy atom. The van der Waals surface area contributed by atoms with Gasteiger partial charge in [-0.15, -0.1) is 0 Å². The average Bonchev–Trinajstić information content (AvgIpc) is 2.34. The summed E-state index contributed by atoms with van der Waals surface area (Å²) in [5.74, 6) is -0.862. The molecule has 0 aromatic heterocycles. The molecule has 0 rings (SSSR count). The number of carboxylic acid groups (broad SMARTS) is 1. The van der Waals surface area contributed by atoms with E-state index in [1.165, 1.54) is 12.0 Å². The van der Waals surface area contributed by atoms with E-state index in [-0.39, 0.29) is 18.4 Å². The van der Waals surface area contributed by atoms with Crippen LogP contribution in [0.25, 0.3) is 0 Å². The van der Waals surface area contributed by atoms with Gasteiger partial charge in [-0.1, -0.05) is 20.3 Å². The van der Waals surface area contributed by atoms with Crippen LogP contribution in [0.15, 0.2) is 0 Å². The molecule has 0 aliphatic heterocycles. The van der Waals surface area contributed by atoms with Crippen molar-refractivity contribution in [3.8, 4) is 0 Å². The molecule has 1 amide bonds. The zero-order valence-electron chi connectivity index (χ0n) is 14.2. The summed E-state index contributed by atoms with van der Waals surface area (Å²) in [5, 5.41) is 9.01. The van der Waals surface area contributed by atoms with E-state index in [4.69, 9.17) is 14.6 Å². The Morgan fingerprint density at radius 3 is 2.14 bits per heavy atom. The molecule has 0 spiro atoms. The molecule has 21 heavy (non-hydrogen) atoms. The van der Waals surface area contributed by atoms with Gasteiger partial charge < -0.3 is 19.5 Å². The van der Waals surface area contributed by atoms with Gasteiger partial charge in [0.05, 0.1) is 18.6 Å². The molecule has 0 saturated heterocycles. The summed E-state index contributed by atoms with van der Waals surface area (Å²) in [6, 6.07) is -0.356. The lowest BCUT2D eigenvalue weighted by Crippen LogP contribution is -2.51. The number of rotatable bonds is 7. The molecule has 0 heterocycles. The first kappa shape index (κ1) is 19.7. The first-order valence-corrected chi connectivity index (χ1v) is 7.23. The molecule has 1 N–H and O–H groups in total. The summed E-state index contributed by atoms with van der Waals surface area (Å²) in [6.07, 6.45) is -0.397. The SMILES string of the molecule is CC[C@H](C)[C@@H](C(CC(=O)O)OC)N(C)C(=O)OC(C)(C)C. The minimum Gasteiger partial charge on any atom is -0.481 e. The largest absolute Gasteiger partial charge is 0.481 e. The lowest BCUT2D eigenvalue weighted by atomic mass is 9.91. The standard InChI is InChI=1S/C15H29NO5/c1-8-10(2)13(11(20-7)9-12(17)18)16(6)14(19)21-15(3,4)5/h10-11,13H,8-9H2,1-7H3,(H,17,18)/t10-,11?,13-/m0/s1. The van der Waals surface area contributed by atoms with Crippen molar-refractivity contribution in [2.24, 2.45) is 5.92 Å². The van der Waals surface area contributed by atoms with Gasteiger partial charge in [0, 0.05) is 14.2 Å². The van der Waals surface area contributed by atoms with Crippen LogP contribution in [0, 0.1) is 5.92 Å². The van der Waals surface area contributed by atoms with Crippen molar-refractivity contribution in [2.45, 2.75) is 65.2 Å². The molecular weight excluding hydrogens is 274 g/mol. The third kappa shape index (κ3) is 6.80. The molecule has 0 aromatic carbocycles. The molecule has 0 aromatic rings. The number of hydrogen-bond acceptors (Lipinski definition) is 4. The second-order valence-corrected chi connectivity index (χ2v) is 6.34. The van der Waals surface area contributed by atoms with E-state index in [1.807, 2.05) is 13.8 Å². The quantitative estimate of drug-likeness (QED) is 0.782. The van der Waals surface area contributed by atoms with Crippen LogP contribution in [0.4, 0.5) is 4.79 Å². The van der Waals surface area contributed by atoms with E-state index in [0.717, 1.165) is 6.42 Å². The smallest absolute Gasteiger partial charge is 0.410 e. The third-order valence-electron chi connectivity index (χ3n) is 3.42. The molecule has 0 aliphatic rings. The second-order valence-electron chi connectivity index (χ2n) is 6.34. The maximum atomic E-state index is 12.2. The van der Waals surface area contributed by atoms with E-state index in [9.17, 15) is 9.59 Å². The fourth-order valence-electron chi connectivity index (χ4n) is 2.21. The molecule has 6 heteroatoms. The van der Waals surface area contributed by atoms with E-state index in [2.05, 4.69) is 0 Å². The number of carbonyl (C=O) groups is 2. The van der Waals surface area contributed by atoms with Crippen LogP contribution in [-0.4, -0.2) is 54.0 Å². The zero-order chi connectivity index (χ0) is 16.8. The fourth-order valence-corrected chi connectivity index (χ4v) is 2.21. The summed E-state index contributed by atoms with van der Waals surface area (Å²) in [6.45, 7) is 9.35. The normalized spacial score (nSPS) is 16.0. The molecule has 0 radical (unpaired) electrons. The summed E-state index contributed by atoms with van der Waals surface area (Å²) >= 11 is 0. The Kier molecular flexibility index (Phi) is 7.71. The van der Waals surface area contributed by atoms with Crippen molar-refractivity contribution in [1.29, 1.82) is 0 Å². The van der Waals surface area contributed by atoms with E-state index < -0.39 is 23.8 Å². The highest BCUT2D eigenvalue weighted by Gasteiger charge is 2.35. The fraction of sp³-hybridized carbons (Fsp3) is 0.867. The highest BCUT2D eigenvalue weighted by atomic mass is 16.6. The molecule has 6 nitrogen and oxygen atoms in total. The Labute approximate surface area is 127 Å². The summed E-state index contributed by atoms with van der Waals surface area (Å²) in [5.41, 5.74) is -0.597. The van der Waals surface area contributed by atoms with Gasteiger partial charge in [0.25, 0.3) is 0 Å². The number of ether oxygens (including phenoxy) is 2. The Hall–Kier alpha value is -1.30. The number of methoxy groups -OCH3 is 1. The van der Waals surface area contributed by atoms with Gasteiger partial charge in [-0.3, -0.25) is 4.79 Å². The van der Waals surface area contributed by atoms with Gasteiger partial charge in [-0.2, -0.15) is 0 Å². The van der Waals surface area contributed by atoms with Crippen molar-refractivity contribution < 1.29 is 24.2 Å². The van der Waals surface area contributed by atoms with Crippen LogP contribution in [0.5, 0.6) is 0 Å². The van der Waals surface area contributed by atoms with Crippen LogP contribution >= 0.6 is 0 Å². The monoisotopic (exact) mass is 303 g/mol. The van der Waals surface area contributed by atoms with Crippen LogP contribution in [-0.2, 0) is 14.3 Å². The molecule has 3 atom stereocenters. The molecular formula is C15H29NO5. The molecule has 1 unspecified atom stereocenters. The average molecular weight is 303 g/mol. The van der Waals surface area contributed by atoms with E-state index in [1.54, 1.807) is 27.8 Å². The van der Waals surface area contributed by atoms with Crippen LogP contribution in [0.3, 0.4) is 0 Å². The maximum Gasteiger partial charge on any atom is 0.410 e. The zero-order valence-corrected chi connectivity index (χ0v) is 14.2. The lowest BCUT2D eigenvalue weighted by Gasteiger charge is -2.37. The van der Waals surface area contributed by atoms with Crippen molar-refractivity contribution in [1.82, 2.24) is 4.90 Å². The minimum absolute atomic E-state index is 0.0896. The van der Waals surface area contributed by atoms with Crippen molar-refractivity contribution >= 4 is 12.1 Å². The predicted molar refractivity (Wildman–Crippen MR) is 80.3 cm³/mol. The van der Waals surface area contributed by atoms with Crippen LogP contribution < -0.4 is 0 Å². The van der Waals surface area contributed by atoms with Gasteiger partial charge in [-0.25, -0.2) is 4.79 Å². The number of nitrogens with zero attached hydrogens (tertiary/aromatic N) is 1. The number of carbonyl (C=O) groups excluding carboxylic acids is 1. The highest BCUT2D eigenvalue weighted by molar-refractivity contribution is 5.69. The Morgan fingerprint density at radius 2 is 1.81 bits per heavy atom. The molecule has 0 saturated carbocycles. The third-order valence-corrected chi connectivity index (χ3v) is 3.42. The molecule has 0 fully saturated rings. The summed E-state index contributed by atoms with van der Waals surface area (Å²) in [7, 11) is 3.09. The second kappa shape index (κ2) is 8.22. The van der Waals surface area contributed by atoms with Gasteiger partial charge in [0.2, 0.25) is 0 Å². The highest BCUT2D eigenvalue weighted by Crippen LogP contribution is 2.23. The van der Waals surface area contributed by atoms with Crippen molar-refractivity contribution in [2.75, 3.05) is 14.2 Å². The number of likely N-dealkylation sites (N-methyl/N-ethyl adjacent to an activating group) is 1. The number of carboxylic acids is 1. The number of aliphatic carboxylic acids is 1. The molecule has 0 bridgehead atoms. The topological polar surface area (TPSA) is 76.1 Å². The van der Waals surface area contributed by atoms with Gasteiger partial charge in [0.1, 0.15) is 5.60 Å². The van der Waals surface area contributed by atoms with Crippen molar-refractivity contribution in [3.63, 3.8) is 0 Å². The summed E-state index contributed by atoms with van der Waals surface area (Å²) < 4.78 is 10.7. The lowest BCUT2D eigenvalue weighted by molar-refractivity contribution is -0.141. The first-order chi connectivity index (χ1) is 9.53. The van der Waals surface area contributed by atoms with Crippen LogP contribution in [0.2, 0.25) is 0 Å². The first-order valence-electron chi connectivity index (χ1n) is 7.23. The maximum absolute atomic E-state index is 12.2. The predicted octanol–water partition coefficient (Wildman–Crippen LogP) is 2.76. The van der Waals surface area contributed by atoms with Crippen molar-refractivity contribution in [3.05, 3.63) is 0 Å². The Bertz CT molecular complexity index is 350. The van der Waals surface area contributed by atoms with E-state index >= 15 is 0 Å². The minimum atomic E-state index is -0.951. The number of amides is 1. The molecule has 124 valence electrons. The van der Waals surface area contributed by atoms with Gasteiger partial charge in [-0.05, 0) is 26.7 Å².